The summed E-state index contributed by atoms with van der Waals surface area (Å²) >= 11 is 0. The van der Waals surface area contributed by atoms with E-state index < -0.39 is 0 Å². The largest absolute Gasteiger partial charge is 0.296 e. The molecular formula is C26H34N4O. The number of aromatic nitrogens is 2. The van der Waals surface area contributed by atoms with E-state index in [1.807, 2.05) is 11.0 Å². The van der Waals surface area contributed by atoms with Gasteiger partial charge in [0.15, 0.2) is 0 Å². The van der Waals surface area contributed by atoms with E-state index in [2.05, 4.69) is 36.1 Å². The van der Waals surface area contributed by atoms with Gasteiger partial charge in [0.05, 0.1) is 6.04 Å². The molecule has 1 atom stereocenters. The van der Waals surface area contributed by atoms with Gasteiger partial charge in [0.25, 0.3) is 0 Å². The Morgan fingerprint density at radius 2 is 1.81 bits per heavy atom. The van der Waals surface area contributed by atoms with Crippen molar-refractivity contribution in [1.29, 1.82) is 0 Å². The fraction of sp³-hybridized carbons (Fsp3) is 0.577. The first-order chi connectivity index (χ1) is 15.2. The summed E-state index contributed by atoms with van der Waals surface area (Å²) in [5.74, 6) is 2.05. The average molecular weight is 419 g/mol. The number of amides is 1. The van der Waals surface area contributed by atoms with Crippen LogP contribution in [0.4, 0.5) is 5.82 Å². The first-order valence-electron chi connectivity index (χ1n) is 12.2. The molecule has 0 spiro atoms. The normalized spacial score (nSPS) is 22.3. The van der Waals surface area contributed by atoms with Gasteiger partial charge in [-0.3, -0.25) is 14.6 Å². The number of aryl methyl sites for hydroxylation is 2. The number of benzene rings is 1. The van der Waals surface area contributed by atoms with Crippen molar-refractivity contribution in [2.75, 3.05) is 18.0 Å². The maximum atomic E-state index is 12.9. The van der Waals surface area contributed by atoms with Gasteiger partial charge in [-0.2, -0.15) is 0 Å². The Hall–Kier alpha value is -2.27. The Morgan fingerprint density at radius 3 is 2.61 bits per heavy atom. The minimum absolute atomic E-state index is 0.212. The van der Waals surface area contributed by atoms with Crippen LogP contribution in [0, 0.1) is 6.92 Å². The summed E-state index contributed by atoms with van der Waals surface area (Å²) in [6, 6.07) is 11.5. The molecule has 3 aliphatic rings. The molecule has 0 N–H and O–H groups in total. The third kappa shape index (κ3) is 4.25. The standard InChI is InChI=1S/C26H34N4O/c1-19-22-15-16-24(31)30(18-7-11-20-9-3-2-4-10-20)26(22)28-25(27-19)23-14-8-17-29(23)21-12-5-6-13-21/h2-4,9-10,21,23H,5-8,11-18H2,1H3. The van der Waals surface area contributed by atoms with Crippen LogP contribution in [0.2, 0.25) is 0 Å². The summed E-state index contributed by atoms with van der Waals surface area (Å²) in [4.78, 5) is 27.6. The van der Waals surface area contributed by atoms with Crippen LogP contribution in [0.1, 0.15) is 80.1 Å². The molecule has 5 heteroatoms. The van der Waals surface area contributed by atoms with Crippen molar-refractivity contribution in [2.24, 2.45) is 0 Å². The second-order valence-corrected chi connectivity index (χ2v) is 9.44. The van der Waals surface area contributed by atoms with Crippen molar-refractivity contribution in [3.63, 3.8) is 0 Å². The molecule has 2 aromatic rings. The van der Waals surface area contributed by atoms with Crippen LogP contribution in [0.25, 0.3) is 0 Å². The summed E-state index contributed by atoms with van der Waals surface area (Å²) in [5.41, 5.74) is 3.57. The molecule has 31 heavy (non-hydrogen) atoms. The molecule has 1 amide bonds. The molecule has 5 nitrogen and oxygen atoms in total. The lowest BCUT2D eigenvalue weighted by Gasteiger charge is -2.33. The van der Waals surface area contributed by atoms with Crippen molar-refractivity contribution in [2.45, 2.75) is 83.2 Å². The first-order valence-corrected chi connectivity index (χ1v) is 12.2. The molecular weight excluding hydrogens is 384 g/mol. The molecule has 1 unspecified atom stereocenters. The third-order valence-electron chi connectivity index (χ3n) is 7.43. The lowest BCUT2D eigenvalue weighted by atomic mass is 10.0. The number of fused-ring (bicyclic) bond motifs is 1. The molecule has 164 valence electrons. The van der Waals surface area contributed by atoms with Gasteiger partial charge in [0.1, 0.15) is 11.6 Å². The highest BCUT2D eigenvalue weighted by Crippen LogP contribution is 2.38. The van der Waals surface area contributed by atoms with Gasteiger partial charge in [0, 0.05) is 30.3 Å². The van der Waals surface area contributed by atoms with E-state index in [4.69, 9.17) is 9.97 Å². The Morgan fingerprint density at radius 1 is 1.00 bits per heavy atom. The zero-order chi connectivity index (χ0) is 21.2. The third-order valence-corrected chi connectivity index (χ3v) is 7.43. The van der Waals surface area contributed by atoms with E-state index in [9.17, 15) is 4.79 Å². The van der Waals surface area contributed by atoms with E-state index >= 15 is 0 Å². The molecule has 0 radical (unpaired) electrons. The van der Waals surface area contributed by atoms with Gasteiger partial charge in [-0.25, -0.2) is 9.97 Å². The summed E-state index contributed by atoms with van der Waals surface area (Å²) in [5, 5.41) is 0. The maximum Gasteiger partial charge on any atom is 0.228 e. The van der Waals surface area contributed by atoms with Crippen molar-refractivity contribution >= 4 is 11.7 Å². The molecule has 2 fully saturated rings. The quantitative estimate of drug-likeness (QED) is 0.678. The van der Waals surface area contributed by atoms with Crippen LogP contribution in [-0.2, 0) is 17.6 Å². The Labute approximate surface area is 185 Å². The van der Waals surface area contributed by atoms with Gasteiger partial charge in [-0.05, 0) is 64.0 Å². The maximum absolute atomic E-state index is 12.9. The zero-order valence-electron chi connectivity index (χ0n) is 18.7. The van der Waals surface area contributed by atoms with Crippen LogP contribution in [0.15, 0.2) is 30.3 Å². The number of nitrogens with zero attached hydrogens (tertiary/aromatic N) is 4. The van der Waals surface area contributed by atoms with E-state index in [-0.39, 0.29) is 5.91 Å². The van der Waals surface area contributed by atoms with Crippen molar-refractivity contribution in [1.82, 2.24) is 14.9 Å². The number of likely N-dealkylation sites (tertiary alicyclic amines) is 1. The smallest absolute Gasteiger partial charge is 0.228 e. The van der Waals surface area contributed by atoms with Crippen LogP contribution >= 0.6 is 0 Å². The minimum Gasteiger partial charge on any atom is -0.296 e. The number of anilines is 1. The zero-order valence-corrected chi connectivity index (χ0v) is 18.7. The van der Waals surface area contributed by atoms with E-state index in [0.717, 1.165) is 56.1 Å². The van der Waals surface area contributed by atoms with Crippen LogP contribution in [0.3, 0.4) is 0 Å². The van der Waals surface area contributed by atoms with Crippen molar-refractivity contribution in [3.8, 4) is 0 Å². The summed E-state index contributed by atoms with van der Waals surface area (Å²) < 4.78 is 0. The average Bonchev–Trinajstić information content (AvgIpc) is 3.47. The number of hydrogen-bond acceptors (Lipinski definition) is 4. The molecule has 1 saturated carbocycles. The number of carbonyl (C=O) groups excluding carboxylic acids is 1. The highest BCUT2D eigenvalue weighted by Gasteiger charge is 2.36. The summed E-state index contributed by atoms with van der Waals surface area (Å²) in [7, 11) is 0. The van der Waals surface area contributed by atoms with Crippen molar-refractivity contribution < 1.29 is 4.79 Å². The highest BCUT2D eigenvalue weighted by molar-refractivity contribution is 5.95. The fourth-order valence-electron chi connectivity index (χ4n) is 5.81. The number of carbonyl (C=O) groups is 1. The topological polar surface area (TPSA) is 49.3 Å². The Kier molecular flexibility index (Phi) is 6.04. The SMILES string of the molecule is Cc1nc(C2CCCN2C2CCCC2)nc2c1CCC(=O)N2CCCc1ccccc1. The summed E-state index contributed by atoms with van der Waals surface area (Å²) in [6.07, 6.45) is 10.9. The first kappa shape index (κ1) is 20.6. The summed E-state index contributed by atoms with van der Waals surface area (Å²) in [6.45, 7) is 4.00. The van der Waals surface area contributed by atoms with E-state index in [0.29, 0.717) is 18.5 Å². The van der Waals surface area contributed by atoms with E-state index in [1.165, 1.54) is 43.2 Å². The molecule has 1 aromatic heterocycles. The molecule has 2 aliphatic heterocycles. The van der Waals surface area contributed by atoms with Crippen LogP contribution in [0.5, 0.6) is 0 Å². The van der Waals surface area contributed by atoms with Crippen LogP contribution < -0.4 is 4.90 Å². The highest BCUT2D eigenvalue weighted by atomic mass is 16.2. The monoisotopic (exact) mass is 418 g/mol. The molecule has 1 saturated heterocycles. The Bertz CT molecular complexity index is 923. The van der Waals surface area contributed by atoms with Gasteiger partial charge in [0.2, 0.25) is 5.91 Å². The fourth-order valence-corrected chi connectivity index (χ4v) is 5.81. The molecule has 0 bridgehead atoms. The number of rotatable bonds is 6. The predicted molar refractivity (Wildman–Crippen MR) is 123 cm³/mol. The second-order valence-electron chi connectivity index (χ2n) is 9.44. The molecule has 1 aromatic carbocycles. The Balaban J connectivity index is 1.38. The molecule has 3 heterocycles. The lowest BCUT2D eigenvalue weighted by molar-refractivity contribution is -0.119. The van der Waals surface area contributed by atoms with Crippen LogP contribution in [-0.4, -0.2) is 39.9 Å². The van der Waals surface area contributed by atoms with Gasteiger partial charge in [-0.1, -0.05) is 43.2 Å². The minimum atomic E-state index is 0.212. The van der Waals surface area contributed by atoms with Gasteiger partial charge in [-0.15, -0.1) is 0 Å². The second kappa shape index (κ2) is 9.07. The van der Waals surface area contributed by atoms with Gasteiger partial charge < -0.3 is 0 Å². The number of hydrogen-bond donors (Lipinski definition) is 0. The van der Waals surface area contributed by atoms with Gasteiger partial charge >= 0.3 is 0 Å². The predicted octanol–water partition coefficient (Wildman–Crippen LogP) is 4.78. The molecule has 5 rings (SSSR count). The lowest BCUT2D eigenvalue weighted by Crippen LogP contribution is -2.39. The van der Waals surface area contributed by atoms with E-state index in [1.54, 1.807) is 0 Å². The van der Waals surface area contributed by atoms with Crippen molar-refractivity contribution in [3.05, 3.63) is 53.0 Å². The molecule has 1 aliphatic carbocycles.